The zero-order chi connectivity index (χ0) is 34.1. The van der Waals surface area contributed by atoms with E-state index in [1.54, 1.807) is 18.5 Å². The van der Waals surface area contributed by atoms with Gasteiger partial charge in [0.15, 0.2) is 0 Å². The fraction of sp³-hybridized carbons (Fsp3) is 0.211. The third-order valence-electron chi connectivity index (χ3n) is 8.45. The van der Waals surface area contributed by atoms with Gasteiger partial charge in [0.25, 0.3) is 0 Å². The summed E-state index contributed by atoms with van der Waals surface area (Å²) < 4.78 is 10.6. The van der Waals surface area contributed by atoms with E-state index in [-0.39, 0.29) is 12.4 Å². The van der Waals surface area contributed by atoms with Gasteiger partial charge in [-0.1, -0.05) is 48.5 Å². The van der Waals surface area contributed by atoms with Gasteiger partial charge in [0.05, 0.1) is 48.9 Å². The second kappa shape index (κ2) is 15.5. The topological polar surface area (TPSA) is 138 Å². The number of rotatable bonds is 12. The standard InChI is InChI=1S/C38H36N8O4/c47-36(13-14-37(48)50-18-6-15-45-16-19-49-20-17-45)43-35-23-31-33(25-39-35)40-26-41-38(31)46(30-11-12-32-29(22-30)24-42-44-32)34-10-5-4-9-28(34)21-27-7-2-1-3-8-27/h1-5,7-14,22-26H,6,15-21H2,(H,42,44)(H,39,43,47). The highest BCUT2D eigenvalue weighted by atomic mass is 16.5. The van der Waals surface area contributed by atoms with Crippen LogP contribution >= 0.6 is 0 Å². The molecule has 12 nitrogen and oxygen atoms in total. The third-order valence-corrected chi connectivity index (χ3v) is 8.45. The minimum absolute atomic E-state index is 0.273. The Morgan fingerprint density at radius 2 is 1.78 bits per heavy atom. The highest BCUT2D eigenvalue weighted by molar-refractivity contribution is 6.04. The molecule has 0 aliphatic carbocycles. The summed E-state index contributed by atoms with van der Waals surface area (Å²) in [5.74, 6) is -0.211. The monoisotopic (exact) mass is 668 g/mol. The predicted molar refractivity (Wildman–Crippen MR) is 192 cm³/mol. The number of nitrogens with zero attached hydrogens (tertiary/aromatic N) is 6. The number of carbonyl (C=O) groups excluding carboxylic acids is 2. The molecule has 0 radical (unpaired) electrons. The van der Waals surface area contributed by atoms with Crippen molar-refractivity contribution in [2.75, 3.05) is 49.7 Å². The number of aromatic amines is 1. The molecule has 4 heterocycles. The number of aromatic nitrogens is 5. The van der Waals surface area contributed by atoms with Gasteiger partial charge in [0, 0.05) is 48.2 Å². The normalized spacial score (nSPS) is 13.5. The Balaban J connectivity index is 1.14. The molecule has 3 aromatic carbocycles. The van der Waals surface area contributed by atoms with E-state index in [1.807, 2.05) is 42.5 Å². The van der Waals surface area contributed by atoms with Crippen molar-refractivity contribution in [3.63, 3.8) is 0 Å². The lowest BCUT2D eigenvalue weighted by Crippen LogP contribution is -2.37. The van der Waals surface area contributed by atoms with Gasteiger partial charge < -0.3 is 14.8 Å². The highest BCUT2D eigenvalue weighted by Crippen LogP contribution is 2.40. The van der Waals surface area contributed by atoms with Crippen LogP contribution in [0.1, 0.15) is 17.5 Å². The van der Waals surface area contributed by atoms with Gasteiger partial charge in [-0.05, 0) is 54.3 Å². The minimum Gasteiger partial charge on any atom is -0.462 e. The van der Waals surface area contributed by atoms with Crippen LogP contribution in [0.15, 0.2) is 110 Å². The quantitative estimate of drug-likeness (QED) is 0.0946. The number of anilines is 4. The number of benzene rings is 3. The van der Waals surface area contributed by atoms with E-state index >= 15 is 0 Å². The molecule has 50 heavy (non-hydrogen) atoms. The molecular weight excluding hydrogens is 632 g/mol. The summed E-state index contributed by atoms with van der Waals surface area (Å²) in [6.45, 7) is 4.31. The van der Waals surface area contributed by atoms with Gasteiger partial charge in [-0.15, -0.1) is 0 Å². The number of amides is 1. The Hall–Kier alpha value is -5.98. The zero-order valence-corrected chi connectivity index (χ0v) is 27.4. The number of para-hydroxylation sites is 1. The number of ether oxygens (including phenoxy) is 2. The SMILES string of the molecule is O=C(C=CC(=O)OCCCN1CCOCC1)Nc1cc2c(N(c3ccc4[nH]ncc4c3)c3ccccc3Cc3ccccc3)ncnc2cn1. The lowest BCUT2D eigenvalue weighted by Gasteiger charge is -2.27. The van der Waals surface area contributed by atoms with Crippen molar-refractivity contribution >= 4 is 56.7 Å². The maximum Gasteiger partial charge on any atom is 0.330 e. The number of hydrogen-bond donors (Lipinski definition) is 2. The maximum absolute atomic E-state index is 12.9. The summed E-state index contributed by atoms with van der Waals surface area (Å²) in [5.41, 5.74) is 5.59. The number of pyridine rings is 1. The Bertz CT molecular complexity index is 2130. The molecule has 1 aliphatic rings. The molecule has 1 aliphatic heterocycles. The second-order valence-corrected chi connectivity index (χ2v) is 11.8. The number of hydrogen-bond acceptors (Lipinski definition) is 10. The van der Waals surface area contributed by atoms with Crippen LogP contribution in [0.5, 0.6) is 0 Å². The summed E-state index contributed by atoms with van der Waals surface area (Å²) >= 11 is 0. The van der Waals surface area contributed by atoms with Crippen molar-refractivity contribution in [3.8, 4) is 0 Å². The largest absolute Gasteiger partial charge is 0.462 e. The average molecular weight is 669 g/mol. The smallest absolute Gasteiger partial charge is 0.330 e. The molecule has 0 unspecified atom stereocenters. The van der Waals surface area contributed by atoms with Crippen molar-refractivity contribution in [2.24, 2.45) is 0 Å². The van der Waals surface area contributed by atoms with Gasteiger partial charge in [-0.2, -0.15) is 5.10 Å². The van der Waals surface area contributed by atoms with Crippen LogP contribution in [-0.4, -0.2) is 81.4 Å². The molecule has 12 heteroatoms. The lowest BCUT2D eigenvalue weighted by molar-refractivity contribution is -0.138. The molecule has 3 aromatic heterocycles. The fourth-order valence-electron chi connectivity index (χ4n) is 5.98. The molecule has 2 N–H and O–H groups in total. The Morgan fingerprint density at radius 1 is 0.940 bits per heavy atom. The van der Waals surface area contributed by atoms with E-state index in [4.69, 9.17) is 14.5 Å². The van der Waals surface area contributed by atoms with Crippen LogP contribution in [-0.2, 0) is 25.5 Å². The summed E-state index contributed by atoms with van der Waals surface area (Å²) in [6, 6.07) is 26.3. The first-order valence-corrected chi connectivity index (χ1v) is 16.5. The second-order valence-electron chi connectivity index (χ2n) is 11.8. The van der Waals surface area contributed by atoms with Gasteiger partial charge in [-0.25, -0.2) is 19.7 Å². The molecule has 0 spiro atoms. The van der Waals surface area contributed by atoms with Crippen LogP contribution in [0, 0.1) is 0 Å². The van der Waals surface area contributed by atoms with Gasteiger partial charge in [0.1, 0.15) is 18.0 Å². The number of esters is 1. The molecule has 0 atom stereocenters. The molecule has 1 amide bonds. The number of H-pyrrole nitrogens is 1. The van der Waals surface area contributed by atoms with Crippen molar-refractivity contribution in [1.29, 1.82) is 0 Å². The first kappa shape index (κ1) is 32.6. The average Bonchev–Trinajstić information content (AvgIpc) is 3.63. The van der Waals surface area contributed by atoms with E-state index in [9.17, 15) is 9.59 Å². The highest BCUT2D eigenvalue weighted by Gasteiger charge is 2.21. The van der Waals surface area contributed by atoms with E-state index in [1.165, 1.54) is 11.9 Å². The molecule has 6 aromatic rings. The summed E-state index contributed by atoms with van der Waals surface area (Å²) in [5, 5.41) is 11.6. The number of nitrogens with one attached hydrogen (secondary N) is 2. The van der Waals surface area contributed by atoms with Crippen LogP contribution in [0.2, 0.25) is 0 Å². The van der Waals surface area contributed by atoms with Gasteiger partial charge in [-0.3, -0.25) is 19.7 Å². The summed E-state index contributed by atoms with van der Waals surface area (Å²) in [6.07, 6.45) is 8.57. The fourth-order valence-corrected chi connectivity index (χ4v) is 5.98. The molecule has 0 saturated carbocycles. The Kier molecular flexibility index (Phi) is 10.1. The zero-order valence-electron chi connectivity index (χ0n) is 27.4. The van der Waals surface area contributed by atoms with Gasteiger partial charge >= 0.3 is 5.97 Å². The third kappa shape index (κ3) is 7.83. The van der Waals surface area contributed by atoms with Crippen LogP contribution in [0.4, 0.5) is 23.0 Å². The molecule has 0 bridgehead atoms. The maximum atomic E-state index is 12.9. The lowest BCUT2D eigenvalue weighted by atomic mass is 10.0. The van der Waals surface area contributed by atoms with E-state index < -0.39 is 11.9 Å². The van der Waals surface area contributed by atoms with E-state index in [0.717, 1.165) is 72.8 Å². The van der Waals surface area contributed by atoms with Crippen molar-refractivity contribution in [1.82, 2.24) is 30.0 Å². The summed E-state index contributed by atoms with van der Waals surface area (Å²) in [7, 11) is 0. The van der Waals surface area contributed by atoms with Crippen molar-refractivity contribution in [2.45, 2.75) is 12.8 Å². The molecular formula is C38H36N8O4. The summed E-state index contributed by atoms with van der Waals surface area (Å²) in [4.78, 5) is 43.2. The Morgan fingerprint density at radius 3 is 2.66 bits per heavy atom. The first-order valence-electron chi connectivity index (χ1n) is 16.5. The Labute approximate surface area is 288 Å². The number of fused-ring (bicyclic) bond motifs is 2. The van der Waals surface area contributed by atoms with Crippen molar-refractivity contribution < 1.29 is 19.1 Å². The van der Waals surface area contributed by atoms with Crippen molar-refractivity contribution in [3.05, 3.63) is 121 Å². The van der Waals surface area contributed by atoms with Crippen LogP contribution in [0.3, 0.4) is 0 Å². The first-order chi connectivity index (χ1) is 24.6. The molecule has 1 saturated heterocycles. The molecule has 252 valence electrons. The van der Waals surface area contributed by atoms with E-state index in [0.29, 0.717) is 29.6 Å². The van der Waals surface area contributed by atoms with Crippen LogP contribution in [0.25, 0.3) is 21.8 Å². The van der Waals surface area contributed by atoms with E-state index in [2.05, 4.69) is 65.6 Å². The predicted octanol–water partition coefficient (Wildman–Crippen LogP) is 5.72. The van der Waals surface area contributed by atoms with Gasteiger partial charge in [0.2, 0.25) is 5.91 Å². The minimum atomic E-state index is -0.580. The van der Waals surface area contributed by atoms with Crippen LogP contribution < -0.4 is 10.2 Å². The number of carbonyl (C=O) groups is 2. The number of morpholine rings is 1. The molecule has 7 rings (SSSR count). The molecule has 1 fully saturated rings.